The van der Waals surface area contributed by atoms with Gasteiger partial charge < -0.3 is 14.2 Å². The van der Waals surface area contributed by atoms with Crippen molar-refractivity contribution in [3.63, 3.8) is 0 Å². The average Bonchev–Trinajstić information content (AvgIpc) is 2.99. The fourth-order valence-corrected chi connectivity index (χ4v) is 3.06. The molecule has 3 rings (SSSR count). The van der Waals surface area contributed by atoms with Crippen LogP contribution in [0.2, 0.25) is 0 Å². The Hall–Kier alpha value is -2.59. The second kappa shape index (κ2) is 8.40. The first-order valence-electron chi connectivity index (χ1n) is 8.91. The van der Waals surface area contributed by atoms with Crippen LogP contribution in [0.25, 0.3) is 0 Å². The van der Waals surface area contributed by atoms with Crippen LogP contribution in [0.5, 0.6) is 0 Å². The van der Waals surface area contributed by atoms with Crippen LogP contribution in [0, 0.1) is 17.0 Å². The van der Waals surface area contributed by atoms with Crippen molar-refractivity contribution in [3.05, 3.63) is 39.7 Å². The highest BCUT2D eigenvalue weighted by Gasteiger charge is 2.24. The van der Waals surface area contributed by atoms with E-state index in [2.05, 4.69) is 20.0 Å². The first-order valence-corrected chi connectivity index (χ1v) is 8.91. The van der Waals surface area contributed by atoms with Gasteiger partial charge in [0.25, 0.3) is 0 Å². The predicted octanol–water partition coefficient (Wildman–Crippen LogP) is 2.10. The summed E-state index contributed by atoms with van der Waals surface area (Å²) in [7, 11) is 1.60. The molecule has 3 heterocycles. The molecule has 1 aliphatic rings. The summed E-state index contributed by atoms with van der Waals surface area (Å²) in [6.07, 6.45) is 2.32. The van der Waals surface area contributed by atoms with Gasteiger partial charge in [0.15, 0.2) is 5.82 Å². The molecular formula is C17H24N6O4. The Morgan fingerprint density at radius 1 is 1.37 bits per heavy atom. The van der Waals surface area contributed by atoms with Gasteiger partial charge in [0.05, 0.1) is 11.5 Å². The van der Waals surface area contributed by atoms with Crippen LogP contribution >= 0.6 is 0 Å². The molecule has 1 atom stereocenters. The summed E-state index contributed by atoms with van der Waals surface area (Å²) in [6, 6.07) is 1.57. The fraction of sp³-hybridized carbons (Fsp3) is 0.588. The Morgan fingerprint density at radius 2 is 2.19 bits per heavy atom. The quantitative estimate of drug-likeness (QED) is 0.552. The smallest absolute Gasteiger partial charge is 0.311 e. The molecule has 0 aromatic carbocycles. The number of aromatic nitrogens is 3. The molecule has 0 N–H and O–H groups in total. The van der Waals surface area contributed by atoms with E-state index < -0.39 is 0 Å². The zero-order chi connectivity index (χ0) is 19.4. The molecule has 0 amide bonds. The molecule has 27 heavy (non-hydrogen) atoms. The van der Waals surface area contributed by atoms with E-state index in [-0.39, 0.29) is 16.7 Å². The normalized spacial score (nSPS) is 16.9. The Balaban J connectivity index is 1.66. The third-order valence-corrected chi connectivity index (χ3v) is 4.63. The lowest BCUT2D eigenvalue weighted by molar-refractivity contribution is -0.384. The van der Waals surface area contributed by atoms with Crippen molar-refractivity contribution < 1.29 is 14.2 Å². The molecule has 1 saturated heterocycles. The maximum absolute atomic E-state index is 11.4. The van der Waals surface area contributed by atoms with Gasteiger partial charge in [0, 0.05) is 45.6 Å². The summed E-state index contributed by atoms with van der Waals surface area (Å²) in [4.78, 5) is 23.9. The minimum Gasteiger partial charge on any atom is -0.374 e. The Kier molecular flexibility index (Phi) is 5.97. The number of ether oxygens (including phenoxy) is 1. The van der Waals surface area contributed by atoms with Crippen molar-refractivity contribution in [1.29, 1.82) is 0 Å². The van der Waals surface area contributed by atoms with Crippen LogP contribution in [0.15, 0.2) is 16.8 Å². The summed E-state index contributed by atoms with van der Waals surface area (Å²) >= 11 is 0. The van der Waals surface area contributed by atoms with E-state index in [4.69, 9.17) is 9.26 Å². The molecule has 0 aliphatic carbocycles. The zero-order valence-corrected chi connectivity index (χ0v) is 15.8. The number of rotatable bonds is 6. The minimum absolute atomic E-state index is 0.0542. The maximum atomic E-state index is 11.4. The summed E-state index contributed by atoms with van der Waals surface area (Å²) < 4.78 is 10.5. The predicted molar refractivity (Wildman–Crippen MR) is 97.5 cm³/mol. The second-order valence-electron chi connectivity index (χ2n) is 6.65. The van der Waals surface area contributed by atoms with Crippen molar-refractivity contribution in [2.45, 2.75) is 32.9 Å². The van der Waals surface area contributed by atoms with Crippen LogP contribution in [0.4, 0.5) is 11.5 Å². The third-order valence-electron chi connectivity index (χ3n) is 4.63. The van der Waals surface area contributed by atoms with Gasteiger partial charge in [-0.25, -0.2) is 4.98 Å². The van der Waals surface area contributed by atoms with Crippen LogP contribution in [-0.2, 0) is 11.3 Å². The number of hydrogen-bond acceptors (Lipinski definition) is 9. The molecule has 2 aromatic heterocycles. The summed E-state index contributed by atoms with van der Waals surface area (Å²) in [5.74, 6) is 1.51. The number of aryl methyl sites for hydroxylation is 1. The van der Waals surface area contributed by atoms with E-state index in [0.29, 0.717) is 37.2 Å². The van der Waals surface area contributed by atoms with Crippen molar-refractivity contribution in [1.82, 2.24) is 20.0 Å². The molecule has 146 valence electrons. The monoisotopic (exact) mass is 376 g/mol. The standard InChI is InChI=1S/C17H24N6O4/c1-12-9-14(23(24)25)17(18-10-12)22-6-4-5-21(7-8-22)11-15-19-16(20-27-15)13(2)26-3/h9-10,13H,4-8,11H2,1-3H3. The topological polar surface area (TPSA) is 111 Å². The van der Waals surface area contributed by atoms with Crippen LogP contribution < -0.4 is 4.90 Å². The number of nitrogens with zero attached hydrogens (tertiary/aromatic N) is 6. The number of pyridine rings is 1. The molecule has 0 spiro atoms. The van der Waals surface area contributed by atoms with E-state index in [1.165, 1.54) is 0 Å². The van der Waals surface area contributed by atoms with E-state index in [9.17, 15) is 10.1 Å². The van der Waals surface area contributed by atoms with Crippen molar-refractivity contribution in [2.75, 3.05) is 38.2 Å². The lowest BCUT2D eigenvalue weighted by Gasteiger charge is -2.22. The number of anilines is 1. The largest absolute Gasteiger partial charge is 0.374 e. The molecule has 1 unspecified atom stereocenters. The van der Waals surface area contributed by atoms with E-state index >= 15 is 0 Å². The molecule has 10 nitrogen and oxygen atoms in total. The van der Waals surface area contributed by atoms with Crippen LogP contribution in [0.3, 0.4) is 0 Å². The molecule has 1 aliphatic heterocycles. The van der Waals surface area contributed by atoms with Gasteiger partial charge in [-0.2, -0.15) is 4.98 Å². The van der Waals surface area contributed by atoms with Gasteiger partial charge in [-0.15, -0.1) is 0 Å². The Labute approximate surface area is 157 Å². The molecule has 0 bridgehead atoms. The van der Waals surface area contributed by atoms with Gasteiger partial charge in [-0.3, -0.25) is 15.0 Å². The Bertz CT molecular complexity index is 795. The number of hydrogen-bond donors (Lipinski definition) is 0. The van der Waals surface area contributed by atoms with E-state index in [1.54, 1.807) is 26.3 Å². The molecular weight excluding hydrogens is 352 g/mol. The van der Waals surface area contributed by atoms with Crippen molar-refractivity contribution >= 4 is 11.5 Å². The second-order valence-corrected chi connectivity index (χ2v) is 6.65. The highest BCUT2D eigenvalue weighted by Crippen LogP contribution is 2.27. The highest BCUT2D eigenvalue weighted by molar-refractivity contribution is 5.58. The molecule has 2 aromatic rings. The third kappa shape index (κ3) is 4.58. The molecule has 0 saturated carbocycles. The Morgan fingerprint density at radius 3 is 2.93 bits per heavy atom. The SMILES string of the molecule is COC(C)c1noc(CN2CCCN(c3ncc(C)cc3[N+](=O)[O-])CC2)n1. The number of nitro groups is 1. The molecule has 1 fully saturated rings. The van der Waals surface area contributed by atoms with E-state index in [0.717, 1.165) is 25.1 Å². The van der Waals surface area contributed by atoms with Gasteiger partial charge in [0.2, 0.25) is 11.7 Å². The summed E-state index contributed by atoms with van der Waals surface area (Å²) in [6.45, 7) is 7.13. The average molecular weight is 376 g/mol. The number of methoxy groups -OCH3 is 1. The minimum atomic E-state index is -0.366. The lowest BCUT2D eigenvalue weighted by atomic mass is 10.2. The zero-order valence-electron chi connectivity index (χ0n) is 15.8. The van der Waals surface area contributed by atoms with Crippen molar-refractivity contribution in [3.8, 4) is 0 Å². The lowest BCUT2D eigenvalue weighted by Crippen LogP contribution is -2.31. The maximum Gasteiger partial charge on any atom is 0.311 e. The highest BCUT2D eigenvalue weighted by atomic mass is 16.6. The van der Waals surface area contributed by atoms with Gasteiger partial charge in [0.1, 0.15) is 6.10 Å². The first-order chi connectivity index (χ1) is 13.0. The van der Waals surface area contributed by atoms with Gasteiger partial charge in [-0.1, -0.05) is 5.16 Å². The van der Waals surface area contributed by atoms with Gasteiger partial charge >= 0.3 is 5.69 Å². The van der Waals surface area contributed by atoms with Gasteiger partial charge in [-0.05, 0) is 25.8 Å². The van der Waals surface area contributed by atoms with E-state index in [1.807, 2.05) is 11.8 Å². The summed E-state index contributed by atoms with van der Waals surface area (Å²) in [5.41, 5.74) is 0.831. The first kappa shape index (κ1) is 19.2. The van der Waals surface area contributed by atoms with Crippen molar-refractivity contribution in [2.24, 2.45) is 0 Å². The van der Waals surface area contributed by atoms with Crippen LogP contribution in [-0.4, -0.2) is 58.2 Å². The van der Waals surface area contributed by atoms with Crippen LogP contribution in [0.1, 0.15) is 36.7 Å². The fourth-order valence-electron chi connectivity index (χ4n) is 3.06. The molecule has 10 heteroatoms. The molecule has 0 radical (unpaired) electrons. The summed E-state index contributed by atoms with van der Waals surface area (Å²) in [5, 5.41) is 15.3.